The first-order chi connectivity index (χ1) is 15.5. The first-order valence-corrected chi connectivity index (χ1v) is 10.3. The van der Waals surface area contributed by atoms with Crippen LogP contribution in [0.25, 0.3) is 27.8 Å². The molecule has 0 bridgehead atoms. The van der Waals surface area contributed by atoms with Crippen LogP contribution in [0.15, 0.2) is 59.5 Å². The van der Waals surface area contributed by atoms with E-state index in [4.69, 9.17) is 0 Å². The molecule has 0 atom stereocenters. The molecule has 1 amide bonds. The van der Waals surface area contributed by atoms with Gasteiger partial charge in [0.15, 0.2) is 0 Å². The predicted octanol–water partition coefficient (Wildman–Crippen LogP) is 2.30. The summed E-state index contributed by atoms with van der Waals surface area (Å²) < 4.78 is 15.0. The summed E-state index contributed by atoms with van der Waals surface area (Å²) in [6.07, 6.45) is 1.65. The number of pyridine rings is 1. The normalized spacial score (nSPS) is 14.8. The van der Waals surface area contributed by atoms with E-state index >= 15 is 0 Å². The van der Waals surface area contributed by atoms with E-state index in [0.29, 0.717) is 27.7 Å². The Kier molecular flexibility index (Phi) is 5.02. The summed E-state index contributed by atoms with van der Waals surface area (Å²) in [7, 11) is 2.05. The number of H-pyrrole nitrogens is 1. The van der Waals surface area contributed by atoms with Crippen molar-refractivity contribution in [3.05, 3.63) is 76.5 Å². The Bertz CT molecular complexity index is 1350. The Morgan fingerprint density at radius 3 is 2.53 bits per heavy atom. The number of piperazine rings is 1. The fourth-order valence-corrected chi connectivity index (χ4v) is 3.83. The molecule has 0 saturated carbocycles. The number of rotatable bonds is 3. The molecule has 3 heterocycles. The van der Waals surface area contributed by atoms with Gasteiger partial charge in [0.25, 0.3) is 11.5 Å². The predicted molar refractivity (Wildman–Crippen MR) is 118 cm³/mol. The Morgan fingerprint density at radius 1 is 1.03 bits per heavy atom. The molecule has 4 aromatic rings. The monoisotopic (exact) mass is 432 g/mol. The standard InChI is InChI=1S/C23H21FN6O2/c1-28-8-10-29(11-9-28)23(32)15-3-6-18(7-4-15)30-14-21(26-27-30)19-12-16-2-5-17(24)13-20(16)25-22(19)31/h2-7,12-14H,8-11H2,1H3,(H,25,31). The molecular formula is C23H21FN6O2. The van der Waals surface area contributed by atoms with Gasteiger partial charge in [0, 0.05) is 31.7 Å². The Hall–Kier alpha value is -3.85. The molecule has 1 aliphatic heterocycles. The number of fused-ring (bicyclic) bond motifs is 1. The number of nitrogens with zero attached hydrogens (tertiary/aromatic N) is 5. The van der Waals surface area contributed by atoms with E-state index in [1.165, 1.54) is 12.1 Å². The van der Waals surface area contributed by atoms with Gasteiger partial charge in [-0.25, -0.2) is 9.07 Å². The van der Waals surface area contributed by atoms with Gasteiger partial charge in [-0.15, -0.1) is 5.10 Å². The van der Waals surface area contributed by atoms with Crippen molar-refractivity contribution in [2.45, 2.75) is 0 Å². The molecule has 1 N–H and O–H groups in total. The second-order valence-corrected chi connectivity index (χ2v) is 7.93. The lowest BCUT2D eigenvalue weighted by Crippen LogP contribution is -2.47. The fourth-order valence-electron chi connectivity index (χ4n) is 3.83. The SMILES string of the molecule is CN1CCN(C(=O)c2ccc(-n3cc(-c4cc5ccc(F)cc5[nH]c4=O)nn3)cc2)CC1. The van der Waals surface area contributed by atoms with Gasteiger partial charge in [0.2, 0.25) is 0 Å². The third-order valence-electron chi connectivity index (χ3n) is 5.75. The summed E-state index contributed by atoms with van der Waals surface area (Å²) in [5.74, 6) is -0.399. The number of aromatic nitrogens is 4. The molecule has 1 aliphatic rings. The minimum absolute atomic E-state index is 0.0167. The molecule has 1 fully saturated rings. The molecule has 2 aromatic heterocycles. The van der Waals surface area contributed by atoms with Crippen molar-refractivity contribution in [3.8, 4) is 16.9 Å². The van der Waals surface area contributed by atoms with Crippen LogP contribution < -0.4 is 5.56 Å². The number of aromatic amines is 1. The molecule has 0 spiro atoms. The van der Waals surface area contributed by atoms with Crippen LogP contribution in [0.1, 0.15) is 10.4 Å². The van der Waals surface area contributed by atoms with E-state index in [2.05, 4.69) is 27.2 Å². The van der Waals surface area contributed by atoms with Gasteiger partial charge in [0.1, 0.15) is 11.5 Å². The smallest absolute Gasteiger partial charge is 0.258 e. The van der Waals surface area contributed by atoms with Gasteiger partial charge in [-0.3, -0.25) is 9.59 Å². The lowest BCUT2D eigenvalue weighted by Gasteiger charge is -2.32. The number of halogens is 1. The van der Waals surface area contributed by atoms with E-state index in [1.807, 2.05) is 4.90 Å². The third kappa shape index (κ3) is 3.78. The van der Waals surface area contributed by atoms with Crippen molar-refractivity contribution in [3.63, 3.8) is 0 Å². The highest BCUT2D eigenvalue weighted by atomic mass is 19.1. The zero-order chi connectivity index (χ0) is 22.2. The Balaban J connectivity index is 1.38. The maximum atomic E-state index is 13.4. The van der Waals surface area contributed by atoms with Crippen LogP contribution in [-0.4, -0.2) is 68.9 Å². The molecule has 8 nitrogen and oxygen atoms in total. The molecule has 0 radical (unpaired) electrons. The number of amides is 1. The first kappa shape index (κ1) is 20.1. The number of hydrogen-bond donors (Lipinski definition) is 1. The zero-order valence-electron chi connectivity index (χ0n) is 17.5. The largest absolute Gasteiger partial charge is 0.336 e. The zero-order valence-corrected chi connectivity index (χ0v) is 17.5. The first-order valence-electron chi connectivity index (χ1n) is 10.3. The highest BCUT2D eigenvalue weighted by Gasteiger charge is 2.20. The molecular weight excluding hydrogens is 411 g/mol. The van der Waals surface area contributed by atoms with Crippen molar-refractivity contribution >= 4 is 16.8 Å². The van der Waals surface area contributed by atoms with E-state index in [1.54, 1.807) is 47.3 Å². The molecule has 0 unspecified atom stereocenters. The number of hydrogen-bond acceptors (Lipinski definition) is 5. The maximum absolute atomic E-state index is 13.4. The summed E-state index contributed by atoms with van der Waals surface area (Å²) >= 11 is 0. The number of carbonyl (C=O) groups excluding carboxylic acids is 1. The van der Waals surface area contributed by atoms with Crippen molar-refractivity contribution in [1.82, 2.24) is 29.8 Å². The average Bonchev–Trinajstić information content (AvgIpc) is 3.29. The van der Waals surface area contributed by atoms with Gasteiger partial charge < -0.3 is 14.8 Å². The van der Waals surface area contributed by atoms with E-state index in [0.717, 1.165) is 31.9 Å². The second-order valence-electron chi connectivity index (χ2n) is 7.93. The highest BCUT2D eigenvalue weighted by molar-refractivity contribution is 5.94. The van der Waals surface area contributed by atoms with Crippen molar-refractivity contribution in [1.29, 1.82) is 0 Å². The summed E-state index contributed by atoms with van der Waals surface area (Å²) in [5.41, 5.74) is 2.14. The van der Waals surface area contributed by atoms with Crippen LogP contribution in [0.4, 0.5) is 4.39 Å². The van der Waals surface area contributed by atoms with Gasteiger partial charge in [-0.05, 0) is 61.0 Å². The molecule has 0 aliphatic carbocycles. The van der Waals surface area contributed by atoms with Crippen LogP contribution in [-0.2, 0) is 0 Å². The van der Waals surface area contributed by atoms with E-state index < -0.39 is 5.82 Å². The molecule has 2 aromatic carbocycles. The van der Waals surface area contributed by atoms with Crippen molar-refractivity contribution in [2.75, 3.05) is 33.2 Å². The summed E-state index contributed by atoms with van der Waals surface area (Å²) in [4.78, 5) is 31.9. The fraction of sp³-hybridized carbons (Fsp3) is 0.217. The number of carbonyl (C=O) groups is 1. The van der Waals surface area contributed by atoms with Crippen LogP contribution in [0, 0.1) is 5.82 Å². The molecule has 162 valence electrons. The van der Waals surface area contributed by atoms with Crippen molar-refractivity contribution < 1.29 is 9.18 Å². The van der Waals surface area contributed by atoms with Crippen LogP contribution in [0.2, 0.25) is 0 Å². The lowest BCUT2D eigenvalue weighted by atomic mass is 10.1. The molecule has 32 heavy (non-hydrogen) atoms. The lowest BCUT2D eigenvalue weighted by molar-refractivity contribution is 0.0664. The summed E-state index contributed by atoms with van der Waals surface area (Å²) in [6.45, 7) is 3.18. The molecule has 5 rings (SSSR count). The van der Waals surface area contributed by atoms with Crippen LogP contribution >= 0.6 is 0 Å². The summed E-state index contributed by atoms with van der Waals surface area (Å²) in [5, 5.41) is 8.95. The Morgan fingerprint density at radius 2 is 1.78 bits per heavy atom. The van der Waals surface area contributed by atoms with Crippen molar-refractivity contribution in [2.24, 2.45) is 0 Å². The van der Waals surface area contributed by atoms with Gasteiger partial charge in [0.05, 0.1) is 23.0 Å². The third-order valence-corrected chi connectivity index (χ3v) is 5.75. The quantitative estimate of drug-likeness (QED) is 0.537. The highest BCUT2D eigenvalue weighted by Crippen LogP contribution is 2.20. The molecule has 9 heteroatoms. The minimum Gasteiger partial charge on any atom is -0.336 e. The minimum atomic E-state index is -0.415. The maximum Gasteiger partial charge on any atom is 0.258 e. The van der Waals surface area contributed by atoms with Gasteiger partial charge >= 0.3 is 0 Å². The average molecular weight is 432 g/mol. The number of nitrogens with one attached hydrogen (secondary N) is 1. The topological polar surface area (TPSA) is 87.1 Å². The summed E-state index contributed by atoms with van der Waals surface area (Å²) in [6, 6.07) is 13.0. The van der Waals surface area contributed by atoms with Gasteiger partial charge in [-0.1, -0.05) is 5.21 Å². The Labute approximate surface area is 182 Å². The van der Waals surface area contributed by atoms with Crippen LogP contribution in [0.5, 0.6) is 0 Å². The van der Waals surface area contributed by atoms with E-state index in [-0.39, 0.29) is 11.5 Å². The number of benzene rings is 2. The van der Waals surface area contributed by atoms with E-state index in [9.17, 15) is 14.0 Å². The molecule has 1 saturated heterocycles. The number of likely N-dealkylation sites (N-methyl/N-ethyl adjacent to an activating group) is 1. The van der Waals surface area contributed by atoms with Crippen LogP contribution in [0.3, 0.4) is 0 Å². The van der Waals surface area contributed by atoms with Gasteiger partial charge in [-0.2, -0.15) is 0 Å². The second kappa shape index (κ2) is 8.01.